The van der Waals surface area contributed by atoms with Crippen LogP contribution in [-0.2, 0) is 4.79 Å². The fourth-order valence-electron chi connectivity index (χ4n) is 2.17. The summed E-state index contributed by atoms with van der Waals surface area (Å²) in [5, 5.41) is 8.54. The molecule has 0 aromatic rings. The molecule has 19 heavy (non-hydrogen) atoms. The van der Waals surface area contributed by atoms with E-state index < -0.39 is 5.97 Å². The summed E-state index contributed by atoms with van der Waals surface area (Å²) in [5.41, 5.74) is 5.85. The molecule has 0 saturated heterocycles. The molecule has 0 aromatic carbocycles. The molecule has 0 heterocycles. The number of hydrogen-bond donors (Lipinski definition) is 2. The van der Waals surface area contributed by atoms with Crippen LogP contribution in [0.1, 0.15) is 85.4 Å². The minimum absolute atomic E-state index is 0. The van der Waals surface area contributed by atoms with E-state index in [4.69, 9.17) is 10.8 Å². The summed E-state index contributed by atoms with van der Waals surface area (Å²) in [6.45, 7) is 2.24. The van der Waals surface area contributed by atoms with Gasteiger partial charge in [0.2, 0.25) is 0 Å². The zero-order valence-corrected chi connectivity index (χ0v) is 15.0. The number of hydrogen-bond acceptors (Lipinski definition) is 2. The summed E-state index contributed by atoms with van der Waals surface area (Å²) < 4.78 is 0. The van der Waals surface area contributed by atoms with Gasteiger partial charge in [-0.25, -0.2) is 0 Å². The molecule has 0 radical (unpaired) electrons. The predicted octanol–water partition coefficient (Wildman–Crippen LogP) is 1.22. The third-order valence-corrected chi connectivity index (χ3v) is 3.41. The molecular formula is C15H32NNaO2. The molecule has 0 aliphatic rings. The standard InChI is InChI=1S/C15H31NO2.Na.H/c1-2-3-4-5-6-7-8-9-10-11-14(16)12-13-15(17)18;;/h14H,2-13,16H2,1H3,(H,17,18);;/q;+1;-1. The first kappa shape index (κ1) is 21.7. The molecule has 0 amide bonds. The second kappa shape index (κ2) is 16.5. The van der Waals surface area contributed by atoms with Gasteiger partial charge in [0.05, 0.1) is 0 Å². The summed E-state index contributed by atoms with van der Waals surface area (Å²) >= 11 is 0. The Kier molecular flexibility index (Phi) is 18.8. The van der Waals surface area contributed by atoms with E-state index in [9.17, 15) is 4.79 Å². The second-order valence-electron chi connectivity index (χ2n) is 5.31. The number of unbranched alkanes of at least 4 members (excludes halogenated alkanes) is 8. The average molecular weight is 281 g/mol. The van der Waals surface area contributed by atoms with Crippen molar-refractivity contribution in [3.05, 3.63) is 0 Å². The Morgan fingerprint density at radius 1 is 1.00 bits per heavy atom. The Bertz CT molecular complexity index is 206. The molecule has 110 valence electrons. The number of nitrogens with two attached hydrogens (primary N) is 1. The van der Waals surface area contributed by atoms with E-state index in [1.165, 1.54) is 51.4 Å². The molecule has 1 atom stereocenters. The number of rotatable bonds is 13. The van der Waals surface area contributed by atoms with Gasteiger partial charge in [-0.1, -0.05) is 64.7 Å². The van der Waals surface area contributed by atoms with Crippen LogP contribution in [0.4, 0.5) is 0 Å². The summed E-state index contributed by atoms with van der Waals surface area (Å²) in [7, 11) is 0. The van der Waals surface area contributed by atoms with E-state index in [1.807, 2.05) is 0 Å². The van der Waals surface area contributed by atoms with Crippen LogP contribution in [0.3, 0.4) is 0 Å². The second-order valence-corrected chi connectivity index (χ2v) is 5.31. The Balaban J connectivity index is -0.00000144. The minimum Gasteiger partial charge on any atom is -1.00 e. The summed E-state index contributed by atoms with van der Waals surface area (Å²) in [4.78, 5) is 10.4. The zero-order valence-electron chi connectivity index (χ0n) is 14.0. The van der Waals surface area contributed by atoms with Gasteiger partial charge in [0.15, 0.2) is 0 Å². The third-order valence-electron chi connectivity index (χ3n) is 3.41. The first-order valence-corrected chi connectivity index (χ1v) is 7.64. The number of carboxylic acids is 1. The predicted molar refractivity (Wildman–Crippen MR) is 77.8 cm³/mol. The van der Waals surface area contributed by atoms with E-state index in [1.54, 1.807) is 0 Å². The van der Waals surface area contributed by atoms with Crippen LogP contribution in [-0.4, -0.2) is 17.1 Å². The van der Waals surface area contributed by atoms with Crippen molar-refractivity contribution in [2.24, 2.45) is 5.73 Å². The van der Waals surface area contributed by atoms with Crippen LogP contribution in [0.25, 0.3) is 0 Å². The summed E-state index contributed by atoms with van der Waals surface area (Å²) in [6.07, 6.45) is 13.7. The summed E-state index contributed by atoms with van der Waals surface area (Å²) in [5.74, 6) is -0.738. The van der Waals surface area contributed by atoms with Gasteiger partial charge in [-0.15, -0.1) is 0 Å². The Labute approximate surface area is 142 Å². The van der Waals surface area contributed by atoms with E-state index in [2.05, 4.69) is 6.92 Å². The smallest absolute Gasteiger partial charge is 1.00 e. The molecule has 3 N–H and O–H groups in total. The Hall–Kier alpha value is 0.430. The van der Waals surface area contributed by atoms with Crippen LogP contribution >= 0.6 is 0 Å². The Morgan fingerprint density at radius 3 is 1.95 bits per heavy atom. The van der Waals surface area contributed by atoms with E-state index in [0.717, 1.165) is 12.8 Å². The zero-order chi connectivity index (χ0) is 13.6. The van der Waals surface area contributed by atoms with Crippen LogP contribution in [0.2, 0.25) is 0 Å². The Morgan fingerprint density at radius 2 is 1.47 bits per heavy atom. The quantitative estimate of drug-likeness (QED) is 0.394. The van der Waals surface area contributed by atoms with Crippen LogP contribution in [0.5, 0.6) is 0 Å². The van der Waals surface area contributed by atoms with Crippen molar-refractivity contribution in [1.82, 2.24) is 0 Å². The molecule has 4 heteroatoms. The molecular weight excluding hydrogens is 249 g/mol. The van der Waals surface area contributed by atoms with Crippen molar-refractivity contribution in [2.45, 2.75) is 90.0 Å². The van der Waals surface area contributed by atoms with Crippen LogP contribution in [0, 0.1) is 0 Å². The van der Waals surface area contributed by atoms with Gasteiger partial charge >= 0.3 is 35.5 Å². The van der Waals surface area contributed by atoms with Crippen molar-refractivity contribution in [3.8, 4) is 0 Å². The number of carbonyl (C=O) groups is 1. The molecule has 0 aliphatic carbocycles. The molecule has 3 nitrogen and oxygen atoms in total. The monoisotopic (exact) mass is 281 g/mol. The van der Waals surface area contributed by atoms with Crippen molar-refractivity contribution >= 4 is 5.97 Å². The normalized spacial score (nSPS) is 11.9. The molecule has 0 fully saturated rings. The van der Waals surface area contributed by atoms with E-state index in [-0.39, 0.29) is 43.4 Å². The van der Waals surface area contributed by atoms with Crippen molar-refractivity contribution < 1.29 is 40.9 Å². The van der Waals surface area contributed by atoms with E-state index >= 15 is 0 Å². The molecule has 0 saturated carbocycles. The maximum Gasteiger partial charge on any atom is 1.00 e. The van der Waals surface area contributed by atoms with Gasteiger partial charge in [-0.05, 0) is 12.8 Å². The fraction of sp³-hybridized carbons (Fsp3) is 0.933. The van der Waals surface area contributed by atoms with Crippen molar-refractivity contribution in [1.29, 1.82) is 0 Å². The van der Waals surface area contributed by atoms with Gasteiger partial charge in [0.1, 0.15) is 0 Å². The molecule has 0 aliphatic heterocycles. The molecule has 0 spiro atoms. The third kappa shape index (κ3) is 18.4. The average Bonchev–Trinajstić information content (AvgIpc) is 2.34. The molecule has 0 rings (SSSR count). The van der Waals surface area contributed by atoms with Gasteiger partial charge < -0.3 is 12.3 Å². The molecule has 0 aromatic heterocycles. The minimum atomic E-state index is -0.738. The number of aliphatic carboxylic acids is 1. The van der Waals surface area contributed by atoms with Gasteiger partial charge in [0.25, 0.3) is 0 Å². The maximum absolute atomic E-state index is 10.4. The number of carboxylic acid groups (broad SMARTS) is 1. The topological polar surface area (TPSA) is 63.3 Å². The van der Waals surface area contributed by atoms with Crippen LogP contribution in [0.15, 0.2) is 0 Å². The SMILES string of the molecule is CCCCCCCCCCCC(N)CCC(=O)O.[H-].[Na+]. The van der Waals surface area contributed by atoms with Crippen LogP contribution < -0.4 is 35.3 Å². The van der Waals surface area contributed by atoms with Crippen molar-refractivity contribution in [2.75, 3.05) is 0 Å². The largest absolute Gasteiger partial charge is 1.00 e. The molecule has 1 unspecified atom stereocenters. The van der Waals surface area contributed by atoms with Gasteiger partial charge in [-0.3, -0.25) is 4.79 Å². The summed E-state index contributed by atoms with van der Waals surface area (Å²) in [6, 6.07) is 0.0747. The van der Waals surface area contributed by atoms with Crippen molar-refractivity contribution in [3.63, 3.8) is 0 Å². The first-order chi connectivity index (χ1) is 8.66. The fourth-order valence-corrected chi connectivity index (χ4v) is 2.17. The maximum atomic E-state index is 10.4. The van der Waals surface area contributed by atoms with Gasteiger partial charge in [-0.2, -0.15) is 0 Å². The van der Waals surface area contributed by atoms with Gasteiger partial charge in [0, 0.05) is 12.5 Å². The van der Waals surface area contributed by atoms with E-state index in [0.29, 0.717) is 6.42 Å². The first-order valence-electron chi connectivity index (χ1n) is 7.64. The molecule has 0 bridgehead atoms.